The van der Waals surface area contributed by atoms with Gasteiger partial charge in [-0.15, -0.1) is 0 Å². The van der Waals surface area contributed by atoms with Gasteiger partial charge < -0.3 is 9.47 Å². The van der Waals surface area contributed by atoms with Crippen molar-refractivity contribution in [3.8, 4) is 5.75 Å². The third-order valence-electron chi connectivity index (χ3n) is 7.16. The van der Waals surface area contributed by atoms with Gasteiger partial charge >= 0.3 is 0 Å². The summed E-state index contributed by atoms with van der Waals surface area (Å²) in [6.45, 7) is 6.01. The number of rotatable bonds is 6. The first-order chi connectivity index (χ1) is 14.6. The van der Waals surface area contributed by atoms with E-state index in [4.69, 9.17) is 19.2 Å². The maximum Gasteiger partial charge on any atom is 0.211 e. The molecular weight excluding hydrogens is 416 g/mol. The van der Waals surface area contributed by atoms with Crippen LogP contribution >= 0.6 is 0 Å². The summed E-state index contributed by atoms with van der Waals surface area (Å²) in [7, 11) is -2.10. The van der Waals surface area contributed by atoms with Crippen molar-refractivity contribution in [3.05, 3.63) is 60.2 Å². The van der Waals surface area contributed by atoms with E-state index in [9.17, 15) is 8.42 Å². The van der Waals surface area contributed by atoms with Crippen molar-refractivity contribution < 1.29 is 27.7 Å². The average molecular weight is 447 g/mol. The third-order valence-corrected chi connectivity index (χ3v) is 9.52. The molecule has 1 aliphatic carbocycles. The van der Waals surface area contributed by atoms with Crippen LogP contribution in [0.2, 0.25) is 0 Å². The smallest absolute Gasteiger partial charge is 0.211 e. The van der Waals surface area contributed by atoms with Crippen LogP contribution in [-0.2, 0) is 31.0 Å². The van der Waals surface area contributed by atoms with Crippen molar-refractivity contribution in [2.75, 3.05) is 7.11 Å². The van der Waals surface area contributed by atoms with Gasteiger partial charge in [-0.1, -0.05) is 30.3 Å². The van der Waals surface area contributed by atoms with E-state index in [-0.39, 0.29) is 10.8 Å². The predicted octanol–water partition coefficient (Wildman–Crippen LogP) is 4.68. The van der Waals surface area contributed by atoms with E-state index in [1.807, 2.05) is 38.1 Å². The summed E-state index contributed by atoms with van der Waals surface area (Å²) in [4.78, 5) is 10.4. The lowest BCUT2D eigenvalue weighted by atomic mass is 9.67. The second kappa shape index (κ2) is 7.89. The van der Waals surface area contributed by atoms with Gasteiger partial charge in [0.05, 0.1) is 24.2 Å². The van der Waals surface area contributed by atoms with Crippen molar-refractivity contribution in [1.29, 1.82) is 0 Å². The fraction of sp³-hybridized carbons (Fsp3) is 0.500. The van der Waals surface area contributed by atoms with Crippen molar-refractivity contribution in [1.82, 2.24) is 0 Å². The van der Waals surface area contributed by atoms with E-state index in [1.54, 1.807) is 44.4 Å². The fourth-order valence-corrected chi connectivity index (χ4v) is 6.35. The topological polar surface area (TPSA) is 71.1 Å². The Morgan fingerprint density at radius 2 is 1.68 bits per heavy atom. The highest BCUT2D eigenvalue weighted by atomic mass is 32.2. The normalized spacial score (nSPS) is 33.1. The number of fused-ring (bicyclic) bond motifs is 2. The molecule has 168 valence electrons. The molecule has 1 saturated carbocycles. The van der Waals surface area contributed by atoms with Crippen LogP contribution in [0.4, 0.5) is 0 Å². The van der Waals surface area contributed by atoms with Crippen LogP contribution < -0.4 is 4.74 Å². The predicted molar refractivity (Wildman–Crippen MR) is 116 cm³/mol. The minimum atomic E-state index is -3.74. The molecule has 0 N–H and O–H groups in total. The highest BCUT2D eigenvalue weighted by Crippen LogP contribution is 2.55. The lowest BCUT2D eigenvalue weighted by Gasteiger charge is -2.57. The summed E-state index contributed by atoms with van der Waals surface area (Å²) in [6.07, 6.45) is 1.88. The summed E-state index contributed by atoms with van der Waals surface area (Å²) in [5.74, 6) is 0.597. The maximum absolute atomic E-state index is 13.4. The number of hydrogen-bond donors (Lipinski definition) is 0. The van der Waals surface area contributed by atoms with E-state index in [1.165, 1.54) is 0 Å². The van der Waals surface area contributed by atoms with Crippen LogP contribution in [0.25, 0.3) is 0 Å². The lowest BCUT2D eigenvalue weighted by Crippen LogP contribution is -2.65. The Hall–Kier alpha value is -1.93. The Balaban J connectivity index is 1.52. The van der Waals surface area contributed by atoms with Gasteiger partial charge in [-0.25, -0.2) is 18.2 Å². The first kappa shape index (κ1) is 22.3. The molecule has 7 heteroatoms. The van der Waals surface area contributed by atoms with Crippen LogP contribution in [0.1, 0.15) is 45.6 Å². The summed E-state index contributed by atoms with van der Waals surface area (Å²) in [5.41, 5.74) is -0.337. The Morgan fingerprint density at radius 3 is 2.32 bits per heavy atom. The molecule has 0 amide bonds. The molecule has 1 heterocycles. The number of benzene rings is 2. The number of ether oxygens (including phenoxy) is 2. The first-order valence-corrected chi connectivity index (χ1v) is 12.1. The Kier molecular flexibility index (Phi) is 5.67. The van der Waals surface area contributed by atoms with Crippen LogP contribution in [0.3, 0.4) is 0 Å². The quantitative estimate of drug-likeness (QED) is 0.600. The lowest BCUT2D eigenvalue weighted by molar-refractivity contribution is -0.463. The van der Waals surface area contributed by atoms with Crippen LogP contribution in [0.5, 0.6) is 5.75 Å². The molecule has 31 heavy (non-hydrogen) atoms. The van der Waals surface area contributed by atoms with Crippen molar-refractivity contribution in [2.24, 2.45) is 5.92 Å². The van der Waals surface area contributed by atoms with E-state index < -0.39 is 26.0 Å². The summed E-state index contributed by atoms with van der Waals surface area (Å²) < 4.78 is 38.4. The van der Waals surface area contributed by atoms with Gasteiger partial charge in [-0.05, 0) is 69.9 Å². The van der Waals surface area contributed by atoms with Crippen molar-refractivity contribution in [3.63, 3.8) is 0 Å². The molecule has 0 unspecified atom stereocenters. The minimum absolute atomic E-state index is 0.200. The molecule has 2 aromatic carbocycles. The van der Waals surface area contributed by atoms with Crippen LogP contribution in [-0.4, -0.2) is 31.7 Å². The zero-order valence-electron chi connectivity index (χ0n) is 18.5. The van der Waals surface area contributed by atoms with E-state index in [0.717, 1.165) is 11.3 Å². The summed E-state index contributed by atoms with van der Waals surface area (Å²) >= 11 is 0. The van der Waals surface area contributed by atoms with Gasteiger partial charge in [-0.2, -0.15) is 0 Å². The van der Waals surface area contributed by atoms with Gasteiger partial charge in [0.2, 0.25) is 14.8 Å². The largest absolute Gasteiger partial charge is 0.497 e. The Labute approximate surface area is 184 Å². The molecule has 2 bridgehead atoms. The average Bonchev–Trinajstić information content (AvgIpc) is 2.78. The molecule has 0 radical (unpaired) electrons. The monoisotopic (exact) mass is 446 g/mol. The van der Waals surface area contributed by atoms with Crippen LogP contribution in [0, 0.1) is 5.92 Å². The van der Waals surface area contributed by atoms with Crippen molar-refractivity contribution in [2.45, 2.75) is 67.7 Å². The molecule has 1 aliphatic heterocycles. The van der Waals surface area contributed by atoms with Crippen LogP contribution in [0.15, 0.2) is 59.5 Å². The van der Waals surface area contributed by atoms with E-state index in [0.29, 0.717) is 25.9 Å². The van der Waals surface area contributed by atoms with Gasteiger partial charge in [0.25, 0.3) is 0 Å². The minimum Gasteiger partial charge on any atom is -0.497 e. The highest BCUT2D eigenvalue weighted by Gasteiger charge is 2.63. The molecule has 1 saturated heterocycles. The molecule has 0 spiro atoms. The van der Waals surface area contributed by atoms with E-state index >= 15 is 0 Å². The number of methoxy groups -OCH3 is 1. The molecule has 2 aliphatic rings. The molecule has 4 atom stereocenters. The summed E-state index contributed by atoms with van der Waals surface area (Å²) in [6, 6.07) is 16.2. The SMILES string of the molecule is COc1ccc(CO[C@]2(C)CC[C@@H]3C[C@@]2(C)OO[C@]3(C)S(=O)(=O)c2ccccc2)cc1. The zero-order chi connectivity index (χ0) is 22.3. The summed E-state index contributed by atoms with van der Waals surface area (Å²) in [5, 5.41) is 0. The van der Waals surface area contributed by atoms with Gasteiger partial charge in [0, 0.05) is 5.92 Å². The van der Waals surface area contributed by atoms with Crippen molar-refractivity contribution >= 4 is 9.84 Å². The van der Waals surface area contributed by atoms with E-state index in [2.05, 4.69) is 0 Å². The molecular formula is C24H30O6S. The first-order valence-electron chi connectivity index (χ1n) is 10.6. The van der Waals surface area contributed by atoms with Gasteiger partial charge in [-0.3, -0.25) is 0 Å². The second-order valence-electron chi connectivity index (χ2n) is 9.04. The van der Waals surface area contributed by atoms with Gasteiger partial charge in [0.15, 0.2) is 0 Å². The molecule has 2 aromatic rings. The number of sulfone groups is 1. The number of hydrogen-bond acceptors (Lipinski definition) is 6. The highest BCUT2D eigenvalue weighted by molar-refractivity contribution is 7.92. The second-order valence-corrected chi connectivity index (χ2v) is 11.3. The standard InChI is InChI=1S/C24H30O6S/c1-22(28-17-18-10-12-20(27-4)13-11-18)15-14-19-16-23(22,2)29-30-24(19,3)31(25,26)21-8-6-5-7-9-21/h5-13,19H,14-17H2,1-4H3/t19-,22-,23-,24-/m1/s1. The third kappa shape index (κ3) is 3.67. The Bertz CT molecular complexity index is 1020. The van der Waals surface area contributed by atoms with Gasteiger partial charge in [0.1, 0.15) is 11.4 Å². The molecule has 2 fully saturated rings. The zero-order valence-corrected chi connectivity index (χ0v) is 19.3. The molecule has 6 nitrogen and oxygen atoms in total. The Morgan fingerprint density at radius 1 is 1.00 bits per heavy atom. The molecule has 0 aromatic heterocycles. The molecule has 4 rings (SSSR count). The fourth-order valence-electron chi connectivity index (χ4n) is 4.60. The maximum atomic E-state index is 13.4.